The molecule has 0 aromatic carbocycles. The molecule has 1 aliphatic heterocycles. The fraction of sp³-hybridized carbons (Fsp3) is 0.846. The van der Waals surface area contributed by atoms with Crippen LogP contribution in [-0.2, 0) is 4.79 Å². The van der Waals surface area contributed by atoms with Gasteiger partial charge in [0.15, 0.2) is 0 Å². The lowest BCUT2D eigenvalue weighted by Crippen LogP contribution is -2.42. The molecular weight excluding hydrogens is 232 g/mol. The van der Waals surface area contributed by atoms with Crippen molar-refractivity contribution in [1.29, 1.82) is 0 Å². The van der Waals surface area contributed by atoms with Crippen LogP contribution in [-0.4, -0.2) is 28.9 Å². The molecule has 1 atom stereocenters. The van der Waals surface area contributed by atoms with E-state index in [1.807, 2.05) is 4.90 Å². The van der Waals surface area contributed by atoms with Crippen LogP contribution in [0.1, 0.15) is 51.9 Å². The molecule has 0 bridgehead atoms. The molecule has 0 radical (unpaired) electrons. The lowest BCUT2D eigenvalue weighted by molar-refractivity contribution is -0.133. The predicted octanol–water partition coefficient (Wildman–Crippen LogP) is 2.48. The van der Waals surface area contributed by atoms with E-state index in [0.717, 1.165) is 38.8 Å². The zero-order valence-corrected chi connectivity index (χ0v) is 11.6. The lowest BCUT2D eigenvalue weighted by atomic mass is 10.0. The van der Waals surface area contributed by atoms with E-state index in [-0.39, 0.29) is 11.8 Å². The van der Waals surface area contributed by atoms with Crippen LogP contribution in [0.3, 0.4) is 0 Å². The number of carbonyl (C=O) groups excluding carboxylic acids is 1. The van der Waals surface area contributed by atoms with Crippen molar-refractivity contribution in [3.8, 4) is 0 Å². The Kier molecular flexibility index (Phi) is 6.48. The Balaban J connectivity index is 2.60. The maximum absolute atomic E-state index is 12.4. The maximum Gasteiger partial charge on any atom is 0.232 e. The summed E-state index contributed by atoms with van der Waals surface area (Å²) in [6.07, 6.45) is 7.72. The van der Waals surface area contributed by atoms with Crippen LogP contribution < -0.4 is 5.73 Å². The fourth-order valence-corrected chi connectivity index (χ4v) is 2.58. The Morgan fingerprint density at radius 1 is 1.24 bits per heavy atom. The Bertz CT molecular complexity index is 260. The van der Waals surface area contributed by atoms with E-state index >= 15 is 0 Å². The summed E-state index contributed by atoms with van der Waals surface area (Å²) in [6.45, 7) is 3.81. The number of thiocarbonyl (C=S) groups is 1. The molecule has 1 aliphatic rings. The first-order chi connectivity index (χ1) is 8.16. The van der Waals surface area contributed by atoms with Gasteiger partial charge in [0.25, 0.3) is 0 Å². The molecule has 1 saturated heterocycles. The third kappa shape index (κ3) is 4.62. The molecule has 0 aliphatic carbocycles. The van der Waals surface area contributed by atoms with Crippen molar-refractivity contribution < 1.29 is 4.79 Å². The number of hydrogen-bond acceptors (Lipinski definition) is 2. The summed E-state index contributed by atoms with van der Waals surface area (Å²) in [6, 6.07) is 0. The number of nitrogens with zero attached hydrogens (tertiary/aromatic N) is 1. The summed E-state index contributed by atoms with van der Waals surface area (Å²) >= 11 is 5.02. The van der Waals surface area contributed by atoms with Crippen molar-refractivity contribution in [3.05, 3.63) is 0 Å². The molecule has 4 heteroatoms. The van der Waals surface area contributed by atoms with Gasteiger partial charge in [0, 0.05) is 13.1 Å². The fourth-order valence-electron chi connectivity index (χ4n) is 2.36. The Hall–Kier alpha value is -0.640. The lowest BCUT2D eigenvalue weighted by Gasteiger charge is -2.28. The molecule has 0 spiro atoms. The maximum atomic E-state index is 12.4. The van der Waals surface area contributed by atoms with Gasteiger partial charge in [-0.2, -0.15) is 0 Å². The molecular formula is C13H24N2OS. The highest BCUT2D eigenvalue weighted by Crippen LogP contribution is 2.16. The molecule has 0 aromatic rings. The van der Waals surface area contributed by atoms with Gasteiger partial charge in [-0.05, 0) is 19.3 Å². The van der Waals surface area contributed by atoms with Crippen LogP contribution in [0.15, 0.2) is 0 Å². The van der Waals surface area contributed by atoms with Crippen molar-refractivity contribution >= 4 is 23.1 Å². The summed E-state index contributed by atoms with van der Waals surface area (Å²) in [5, 5.41) is 0. The first kappa shape index (κ1) is 14.4. The van der Waals surface area contributed by atoms with Gasteiger partial charge < -0.3 is 10.6 Å². The standard InChI is InChI=1S/C13H24N2OS/c1-2-8-11(12(14)17)13(16)15-9-6-4-3-5-7-10-15/h11H,2-10H2,1H3,(H2,14,17). The first-order valence-electron chi connectivity index (χ1n) is 6.75. The highest BCUT2D eigenvalue weighted by atomic mass is 32.1. The van der Waals surface area contributed by atoms with E-state index in [1.54, 1.807) is 0 Å². The molecule has 0 aromatic heterocycles. The van der Waals surface area contributed by atoms with Crippen LogP contribution in [0.25, 0.3) is 0 Å². The van der Waals surface area contributed by atoms with Crippen LogP contribution in [0.2, 0.25) is 0 Å². The van der Waals surface area contributed by atoms with Gasteiger partial charge in [-0.15, -0.1) is 0 Å². The second kappa shape index (κ2) is 7.64. The van der Waals surface area contributed by atoms with Gasteiger partial charge in [-0.25, -0.2) is 0 Å². The summed E-state index contributed by atoms with van der Waals surface area (Å²) in [4.78, 5) is 14.7. The van der Waals surface area contributed by atoms with Crippen molar-refractivity contribution in [3.63, 3.8) is 0 Å². The van der Waals surface area contributed by atoms with Crippen molar-refractivity contribution in [1.82, 2.24) is 4.90 Å². The van der Waals surface area contributed by atoms with Gasteiger partial charge in [-0.1, -0.05) is 44.8 Å². The smallest absolute Gasteiger partial charge is 0.232 e. The molecule has 1 amide bonds. The molecule has 1 heterocycles. The summed E-state index contributed by atoms with van der Waals surface area (Å²) in [5.74, 6) is -0.0873. The molecule has 0 saturated carbocycles. The quantitative estimate of drug-likeness (QED) is 0.786. The minimum atomic E-state index is -0.241. The van der Waals surface area contributed by atoms with E-state index in [0.29, 0.717) is 4.99 Å². The Morgan fingerprint density at radius 3 is 2.24 bits per heavy atom. The summed E-state index contributed by atoms with van der Waals surface area (Å²) in [5.41, 5.74) is 5.68. The number of nitrogens with two attached hydrogens (primary N) is 1. The normalized spacial score (nSPS) is 19.2. The zero-order valence-electron chi connectivity index (χ0n) is 10.8. The Labute approximate surface area is 110 Å². The minimum Gasteiger partial charge on any atom is -0.393 e. The van der Waals surface area contributed by atoms with E-state index in [4.69, 9.17) is 18.0 Å². The zero-order chi connectivity index (χ0) is 12.7. The minimum absolute atomic E-state index is 0.154. The average molecular weight is 256 g/mol. The van der Waals surface area contributed by atoms with Gasteiger partial charge in [0.1, 0.15) is 0 Å². The molecule has 2 N–H and O–H groups in total. The van der Waals surface area contributed by atoms with Gasteiger partial charge in [0.2, 0.25) is 5.91 Å². The molecule has 98 valence electrons. The topological polar surface area (TPSA) is 46.3 Å². The van der Waals surface area contributed by atoms with E-state index in [2.05, 4.69) is 6.92 Å². The summed E-state index contributed by atoms with van der Waals surface area (Å²) < 4.78 is 0. The van der Waals surface area contributed by atoms with Crippen molar-refractivity contribution in [2.75, 3.05) is 13.1 Å². The van der Waals surface area contributed by atoms with E-state index in [1.165, 1.54) is 19.3 Å². The SMILES string of the molecule is CCCC(C(=O)N1CCCCCCC1)C(N)=S. The molecule has 17 heavy (non-hydrogen) atoms. The van der Waals surface area contributed by atoms with E-state index in [9.17, 15) is 4.79 Å². The number of rotatable bonds is 4. The number of likely N-dealkylation sites (tertiary alicyclic amines) is 1. The van der Waals surface area contributed by atoms with Gasteiger partial charge >= 0.3 is 0 Å². The average Bonchev–Trinajstić information content (AvgIpc) is 2.24. The highest BCUT2D eigenvalue weighted by Gasteiger charge is 2.25. The van der Waals surface area contributed by atoms with Crippen LogP contribution in [0.4, 0.5) is 0 Å². The predicted molar refractivity (Wildman–Crippen MR) is 74.8 cm³/mol. The molecule has 3 nitrogen and oxygen atoms in total. The third-order valence-electron chi connectivity index (χ3n) is 3.39. The first-order valence-corrected chi connectivity index (χ1v) is 7.15. The van der Waals surface area contributed by atoms with E-state index < -0.39 is 0 Å². The molecule has 1 rings (SSSR count). The largest absolute Gasteiger partial charge is 0.393 e. The Morgan fingerprint density at radius 2 is 1.76 bits per heavy atom. The van der Waals surface area contributed by atoms with Crippen molar-refractivity contribution in [2.45, 2.75) is 51.9 Å². The van der Waals surface area contributed by atoms with Gasteiger partial charge in [0.05, 0.1) is 10.9 Å². The van der Waals surface area contributed by atoms with Crippen molar-refractivity contribution in [2.24, 2.45) is 11.7 Å². The monoisotopic (exact) mass is 256 g/mol. The molecule has 1 unspecified atom stereocenters. The summed E-state index contributed by atoms with van der Waals surface area (Å²) in [7, 11) is 0. The van der Waals surface area contributed by atoms with Gasteiger partial charge in [-0.3, -0.25) is 4.79 Å². The second-order valence-corrected chi connectivity index (χ2v) is 5.31. The number of amides is 1. The number of hydrogen-bond donors (Lipinski definition) is 1. The third-order valence-corrected chi connectivity index (χ3v) is 3.67. The molecule has 1 fully saturated rings. The van der Waals surface area contributed by atoms with Crippen LogP contribution in [0.5, 0.6) is 0 Å². The highest BCUT2D eigenvalue weighted by molar-refractivity contribution is 7.80. The van der Waals surface area contributed by atoms with Crippen LogP contribution in [0, 0.1) is 5.92 Å². The van der Waals surface area contributed by atoms with Crippen LogP contribution >= 0.6 is 12.2 Å². The second-order valence-electron chi connectivity index (χ2n) is 4.84. The number of carbonyl (C=O) groups is 1.